The summed E-state index contributed by atoms with van der Waals surface area (Å²) in [6, 6.07) is 0. The average molecular weight is 142 g/mol. The molecule has 0 aromatic carbocycles. The molecule has 4 heteroatoms. The van der Waals surface area contributed by atoms with Gasteiger partial charge in [-0.05, 0) is 6.92 Å². The van der Waals surface area contributed by atoms with Gasteiger partial charge in [-0.15, -0.1) is 0 Å². The number of rotatable bonds is 2. The molecule has 0 aromatic heterocycles. The van der Waals surface area contributed by atoms with Crippen molar-refractivity contribution in [3.05, 3.63) is 0 Å². The molecular formula is C5H12F2O2. The summed E-state index contributed by atoms with van der Waals surface area (Å²) in [5, 5.41) is 16.0. The van der Waals surface area contributed by atoms with E-state index in [9.17, 15) is 8.78 Å². The third-order valence-corrected chi connectivity index (χ3v) is 0.336. The van der Waals surface area contributed by atoms with Crippen LogP contribution in [0, 0.1) is 0 Å². The Hall–Kier alpha value is -0.220. The quantitative estimate of drug-likeness (QED) is 0.581. The van der Waals surface area contributed by atoms with Crippen LogP contribution in [0.4, 0.5) is 8.78 Å². The van der Waals surface area contributed by atoms with Crippen LogP contribution in [-0.4, -0.2) is 36.3 Å². The summed E-state index contributed by atoms with van der Waals surface area (Å²) in [6.07, 6.45) is -0.560. The summed E-state index contributed by atoms with van der Waals surface area (Å²) in [4.78, 5) is 0. The summed E-state index contributed by atoms with van der Waals surface area (Å²) >= 11 is 0. The molecule has 2 nitrogen and oxygen atoms in total. The van der Waals surface area contributed by atoms with E-state index in [0.29, 0.717) is 0 Å². The second kappa shape index (κ2) is 10.7. The Balaban J connectivity index is 0. The zero-order valence-electron chi connectivity index (χ0n) is 5.35. The largest absolute Gasteiger partial charge is 0.394 e. The Morgan fingerprint density at radius 2 is 1.56 bits per heavy atom. The lowest BCUT2D eigenvalue weighted by Gasteiger charge is -1.90. The van der Waals surface area contributed by atoms with Crippen molar-refractivity contribution in [3.8, 4) is 0 Å². The van der Waals surface area contributed by atoms with E-state index in [-0.39, 0.29) is 6.61 Å². The maximum Gasteiger partial charge on any atom is 0.118 e. The topological polar surface area (TPSA) is 40.5 Å². The fraction of sp³-hybridized carbons (Fsp3) is 1.00. The van der Waals surface area contributed by atoms with Gasteiger partial charge in [0.05, 0.1) is 12.7 Å². The maximum absolute atomic E-state index is 10.3. The Labute approximate surface area is 53.1 Å². The summed E-state index contributed by atoms with van der Waals surface area (Å²) in [5.74, 6) is 0. The van der Waals surface area contributed by atoms with Gasteiger partial charge in [-0.25, -0.2) is 8.78 Å². The zero-order valence-corrected chi connectivity index (χ0v) is 5.35. The minimum Gasteiger partial charge on any atom is -0.394 e. The fourth-order valence-corrected chi connectivity index (χ4v) is 0. The number of aliphatic hydroxyl groups is 2. The molecule has 0 fully saturated rings. The molecule has 0 bridgehead atoms. The lowest BCUT2D eigenvalue weighted by atomic mass is 10.5. The van der Waals surface area contributed by atoms with Crippen LogP contribution < -0.4 is 0 Å². The normalized spacial score (nSPS) is 11.7. The number of hydrogen-bond donors (Lipinski definition) is 2. The molecule has 0 aliphatic rings. The van der Waals surface area contributed by atoms with Crippen molar-refractivity contribution in [2.24, 2.45) is 0 Å². The van der Waals surface area contributed by atoms with Gasteiger partial charge in [0, 0.05) is 0 Å². The minimum absolute atomic E-state index is 0.139. The maximum atomic E-state index is 10.3. The average Bonchev–Trinajstić information content (AvgIpc) is 1.89. The summed E-state index contributed by atoms with van der Waals surface area (Å²) in [5.41, 5.74) is 0. The molecule has 0 amide bonds. The van der Waals surface area contributed by atoms with Crippen LogP contribution >= 0.6 is 0 Å². The monoisotopic (exact) mass is 142 g/mol. The first-order chi connectivity index (χ1) is 4.18. The molecule has 0 rings (SSSR count). The highest BCUT2D eigenvalue weighted by atomic mass is 19.2. The van der Waals surface area contributed by atoms with Crippen molar-refractivity contribution in [3.63, 3.8) is 0 Å². The molecule has 2 N–H and O–H groups in total. The SMILES string of the molecule is CC(O)CO.FCCF. The third kappa shape index (κ3) is 33.6. The Bertz CT molecular complexity index is 39.9. The van der Waals surface area contributed by atoms with E-state index in [0.717, 1.165) is 0 Å². The van der Waals surface area contributed by atoms with Gasteiger partial charge in [0.2, 0.25) is 0 Å². The number of halogens is 2. The van der Waals surface area contributed by atoms with Gasteiger partial charge < -0.3 is 10.2 Å². The predicted molar refractivity (Wildman–Crippen MR) is 30.7 cm³/mol. The molecule has 0 aliphatic heterocycles. The molecule has 1 unspecified atom stereocenters. The van der Waals surface area contributed by atoms with E-state index in [1.165, 1.54) is 6.92 Å². The highest BCUT2D eigenvalue weighted by molar-refractivity contribution is 4.34. The minimum atomic E-state index is -0.847. The van der Waals surface area contributed by atoms with E-state index in [4.69, 9.17) is 10.2 Å². The van der Waals surface area contributed by atoms with E-state index < -0.39 is 19.5 Å². The molecule has 0 radical (unpaired) electrons. The number of hydrogen-bond acceptors (Lipinski definition) is 2. The van der Waals surface area contributed by atoms with Crippen molar-refractivity contribution >= 4 is 0 Å². The van der Waals surface area contributed by atoms with Crippen LogP contribution in [-0.2, 0) is 0 Å². The first-order valence-corrected chi connectivity index (χ1v) is 2.59. The molecule has 0 aliphatic carbocycles. The highest BCUT2D eigenvalue weighted by Gasteiger charge is 1.83. The molecular weight excluding hydrogens is 130 g/mol. The molecule has 0 spiro atoms. The number of aliphatic hydroxyl groups excluding tert-OH is 2. The molecule has 9 heavy (non-hydrogen) atoms. The van der Waals surface area contributed by atoms with Gasteiger partial charge in [-0.2, -0.15) is 0 Å². The van der Waals surface area contributed by atoms with Crippen molar-refractivity contribution in [2.45, 2.75) is 13.0 Å². The van der Waals surface area contributed by atoms with E-state index >= 15 is 0 Å². The fourth-order valence-electron chi connectivity index (χ4n) is 0. The number of alkyl halides is 2. The summed E-state index contributed by atoms with van der Waals surface area (Å²) in [6.45, 7) is -0.306. The van der Waals surface area contributed by atoms with Gasteiger partial charge in [0.1, 0.15) is 13.3 Å². The smallest absolute Gasteiger partial charge is 0.118 e. The van der Waals surface area contributed by atoms with Crippen molar-refractivity contribution in [1.82, 2.24) is 0 Å². The summed E-state index contributed by atoms with van der Waals surface area (Å²) in [7, 11) is 0. The Kier molecular flexibility index (Phi) is 13.8. The summed E-state index contributed by atoms with van der Waals surface area (Å²) < 4.78 is 20.7. The zero-order chi connectivity index (χ0) is 7.70. The lowest BCUT2D eigenvalue weighted by molar-refractivity contribution is 0.110. The van der Waals surface area contributed by atoms with Gasteiger partial charge in [-0.3, -0.25) is 0 Å². The van der Waals surface area contributed by atoms with Crippen molar-refractivity contribution in [1.29, 1.82) is 0 Å². The van der Waals surface area contributed by atoms with Crippen LogP contribution in [0.3, 0.4) is 0 Å². The van der Waals surface area contributed by atoms with Crippen LogP contribution in [0.15, 0.2) is 0 Å². The van der Waals surface area contributed by atoms with Gasteiger partial charge >= 0.3 is 0 Å². The Morgan fingerprint density at radius 3 is 1.56 bits per heavy atom. The first-order valence-electron chi connectivity index (χ1n) is 2.59. The van der Waals surface area contributed by atoms with E-state index in [1.807, 2.05) is 0 Å². The van der Waals surface area contributed by atoms with Gasteiger partial charge in [-0.1, -0.05) is 0 Å². The highest BCUT2D eigenvalue weighted by Crippen LogP contribution is 1.68. The van der Waals surface area contributed by atoms with Crippen molar-refractivity contribution in [2.75, 3.05) is 20.0 Å². The van der Waals surface area contributed by atoms with Gasteiger partial charge in [0.25, 0.3) is 0 Å². The lowest BCUT2D eigenvalue weighted by Crippen LogP contribution is -2.03. The Morgan fingerprint density at radius 1 is 1.33 bits per heavy atom. The van der Waals surface area contributed by atoms with Crippen LogP contribution in [0.5, 0.6) is 0 Å². The predicted octanol–water partition coefficient (Wildman–Crippen LogP) is 0.285. The van der Waals surface area contributed by atoms with Crippen LogP contribution in [0.25, 0.3) is 0 Å². The second-order valence-electron chi connectivity index (χ2n) is 1.41. The molecule has 0 aromatic rings. The molecule has 58 valence electrons. The standard InChI is InChI=1S/C3H8O2.C2H4F2/c1-3(5)2-4;3-1-2-4/h3-5H,2H2,1H3;1-2H2. The molecule has 0 saturated carbocycles. The van der Waals surface area contributed by atoms with E-state index in [2.05, 4.69) is 0 Å². The van der Waals surface area contributed by atoms with Crippen LogP contribution in [0.1, 0.15) is 6.92 Å². The van der Waals surface area contributed by atoms with Crippen LogP contribution in [0.2, 0.25) is 0 Å². The second-order valence-corrected chi connectivity index (χ2v) is 1.41. The molecule has 0 heterocycles. The molecule has 0 saturated heterocycles. The van der Waals surface area contributed by atoms with Crippen molar-refractivity contribution < 1.29 is 19.0 Å². The third-order valence-electron chi connectivity index (χ3n) is 0.336. The molecule has 1 atom stereocenters. The first kappa shape index (κ1) is 11.6. The van der Waals surface area contributed by atoms with E-state index in [1.54, 1.807) is 0 Å². The van der Waals surface area contributed by atoms with Gasteiger partial charge in [0.15, 0.2) is 0 Å².